The second kappa shape index (κ2) is 10.5. The number of hydrogen-bond donors (Lipinski definition) is 2. The van der Waals surface area contributed by atoms with Gasteiger partial charge in [0, 0.05) is 32.2 Å². The molecule has 5 heteroatoms. The molecule has 0 aliphatic rings. The highest BCUT2D eigenvalue weighted by molar-refractivity contribution is 5.67. The van der Waals surface area contributed by atoms with Crippen molar-refractivity contribution in [3.05, 3.63) is 0 Å². The van der Waals surface area contributed by atoms with E-state index < -0.39 is 5.60 Å². The summed E-state index contributed by atoms with van der Waals surface area (Å²) in [5.41, 5.74) is -0.463. The van der Waals surface area contributed by atoms with Crippen molar-refractivity contribution in [3.63, 3.8) is 0 Å². The molecule has 0 aromatic rings. The van der Waals surface area contributed by atoms with Crippen LogP contribution >= 0.6 is 0 Å². The molecule has 0 spiro atoms. The Morgan fingerprint density at radius 3 is 2.57 bits per heavy atom. The summed E-state index contributed by atoms with van der Waals surface area (Å²) in [5, 5.41) is 6.19. The minimum absolute atomic E-state index is 0.235. The third-order valence-corrected chi connectivity index (χ3v) is 2.71. The molecule has 0 saturated carbocycles. The van der Waals surface area contributed by atoms with Crippen LogP contribution in [0.15, 0.2) is 0 Å². The molecule has 2 N–H and O–H groups in total. The first-order valence-corrected chi connectivity index (χ1v) is 7.43. The van der Waals surface area contributed by atoms with Gasteiger partial charge in [0.25, 0.3) is 0 Å². The Labute approximate surface area is 129 Å². The molecule has 0 saturated heterocycles. The van der Waals surface area contributed by atoms with Crippen molar-refractivity contribution >= 4 is 6.09 Å². The van der Waals surface area contributed by atoms with E-state index in [-0.39, 0.29) is 18.2 Å². The predicted molar refractivity (Wildman–Crippen MR) is 85.2 cm³/mol. The van der Waals surface area contributed by atoms with Gasteiger partial charge in [-0.25, -0.2) is 4.79 Å². The van der Waals surface area contributed by atoms with Gasteiger partial charge < -0.3 is 20.1 Å². The van der Waals surface area contributed by atoms with Crippen molar-refractivity contribution in [2.75, 3.05) is 20.3 Å². The van der Waals surface area contributed by atoms with Gasteiger partial charge in [0.05, 0.1) is 6.61 Å². The molecule has 0 rings (SSSR count). The van der Waals surface area contributed by atoms with Crippen LogP contribution in [0, 0.1) is 12.3 Å². The molecule has 0 heterocycles. The highest BCUT2D eigenvalue weighted by Crippen LogP contribution is 2.06. The van der Waals surface area contributed by atoms with Crippen molar-refractivity contribution in [3.8, 4) is 12.3 Å². The summed E-state index contributed by atoms with van der Waals surface area (Å²) in [6.07, 6.45) is 7.37. The van der Waals surface area contributed by atoms with Crippen LogP contribution < -0.4 is 10.6 Å². The van der Waals surface area contributed by atoms with Gasteiger partial charge in [-0.3, -0.25) is 0 Å². The van der Waals surface area contributed by atoms with Crippen LogP contribution in [-0.2, 0) is 9.47 Å². The van der Waals surface area contributed by atoms with Crippen molar-refractivity contribution in [1.82, 2.24) is 10.6 Å². The van der Waals surface area contributed by atoms with Crippen LogP contribution in [0.25, 0.3) is 0 Å². The molecule has 5 nitrogen and oxygen atoms in total. The summed E-state index contributed by atoms with van der Waals surface area (Å²) in [4.78, 5) is 11.5. The van der Waals surface area contributed by atoms with Crippen LogP contribution in [0.1, 0.15) is 47.0 Å². The van der Waals surface area contributed by atoms with Crippen LogP contribution in [0.2, 0.25) is 0 Å². The highest BCUT2D eigenvalue weighted by atomic mass is 16.6. The third kappa shape index (κ3) is 12.2. The summed E-state index contributed by atoms with van der Waals surface area (Å²) < 4.78 is 10.4. The molecule has 0 fully saturated rings. The number of carbonyl (C=O) groups is 1. The number of hydrogen-bond acceptors (Lipinski definition) is 4. The number of nitrogens with one attached hydrogen (secondary N) is 2. The molecule has 0 bridgehead atoms. The average molecular weight is 298 g/mol. The Morgan fingerprint density at radius 2 is 2.05 bits per heavy atom. The smallest absolute Gasteiger partial charge is 0.407 e. The molecular weight excluding hydrogens is 268 g/mol. The Morgan fingerprint density at radius 1 is 1.38 bits per heavy atom. The van der Waals surface area contributed by atoms with Gasteiger partial charge >= 0.3 is 6.09 Å². The van der Waals surface area contributed by atoms with Gasteiger partial charge in [-0.05, 0) is 40.5 Å². The summed E-state index contributed by atoms with van der Waals surface area (Å²) in [6, 6.07) is 0.493. The lowest BCUT2D eigenvalue weighted by Gasteiger charge is -2.22. The maximum Gasteiger partial charge on any atom is 0.407 e. The molecule has 2 unspecified atom stereocenters. The summed E-state index contributed by atoms with van der Waals surface area (Å²) in [5.74, 6) is 2.64. The van der Waals surface area contributed by atoms with Gasteiger partial charge in [-0.2, -0.15) is 0 Å². The van der Waals surface area contributed by atoms with E-state index in [1.807, 2.05) is 20.8 Å². The Hall–Kier alpha value is -1.25. The lowest BCUT2D eigenvalue weighted by molar-refractivity contribution is 0.0526. The zero-order chi connectivity index (χ0) is 16.3. The number of terminal acetylenes is 1. The standard InChI is InChI=1S/C16H30N2O3/c1-7-9-13(2)18-14(12-20-6)10-8-11-17-15(19)21-16(3,4)5/h1,13-14,18H,8-12H2,2-6H3,(H,17,19). The Bertz CT molecular complexity index is 331. The minimum atomic E-state index is -0.463. The fourth-order valence-corrected chi connectivity index (χ4v) is 1.91. The maximum atomic E-state index is 11.5. The molecule has 0 aliphatic heterocycles. The van der Waals surface area contributed by atoms with E-state index in [9.17, 15) is 4.79 Å². The summed E-state index contributed by atoms with van der Waals surface area (Å²) in [7, 11) is 1.68. The second-order valence-corrected chi connectivity index (χ2v) is 6.20. The molecule has 0 aliphatic carbocycles. The topological polar surface area (TPSA) is 59.6 Å². The van der Waals surface area contributed by atoms with Crippen molar-refractivity contribution in [2.45, 2.75) is 64.6 Å². The van der Waals surface area contributed by atoms with Crippen molar-refractivity contribution < 1.29 is 14.3 Å². The van der Waals surface area contributed by atoms with Gasteiger partial charge in [-0.1, -0.05) is 0 Å². The maximum absolute atomic E-state index is 11.5. The van der Waals surface area contributed by atoms with Crippen molar-refractivity contribution in [1.29, 1.82) is 0 Å². The number of methoxy groups -OCH3 is 1. The van der Waals surface area contributed by atoms with Gasteiger partial charge in [-0.15, -0.1) is 12.3 Å². The second-order valence-electron chi connectivity index (χ2n) is 6.20. The van der Waals surface area contributed by atoms with Crippen LogP contribution in [0.3, 0.4) is 0 Å². The van der Waals surface area contributed by atoms with Gasteiger partial charge in [0.1, 0.15) is 5.60 Å². The Kier molecular flexibility index (Phi) is 9.85. The van der Waals surface area contributed by atoms with Gasteiger partial charge in [0.2, 0.25) is 0 Å². The average Bonchev–Trinajstić information content (AvgIpc) is 2.32. The van der Waals surface area contributed by atoms with Crippen LogP contribution in [-0.4, -0.2) is 44.0 Å². The number of alkyl carbamates (subject to hydrolysis) is 1. The molecule has 122 valence electrons. The molecule has 0 aromatic heterocycles. The molecule has 1 amide bonds. The SMILES string of the molecule is C#CCC(C)NC(CCCNC(=O)OC(C)(C)C)COC. The fourth-order valence-electron chi connectivity index (χ4n) is 1.91. The van der Waals surface area contributed by atoms with Crippen molar-refractivity contribution in [2.24, 2.45) is 0 Å². The van der Waals surface area contributed by atoms with Gasteiger partial charge in [0.15, 0.2) is 0 Å². The molecular formula is C16H30N2O3. The highest BCUT2D eigenvalue weighted by Gasteiger charge is 2.16. The minimum Gasteiger partial charge on any atom is -0.444 e. The normalized spacial score (nSPS) is 14.1. The summed E-state index contributed by atoms with van der Waals surface area (Å²) in [6.45, 7) is 8.80. The Balaban J connectivity index is 3.93. The monoisotopic (exact) mass is 298 g/mol. The van der Waals surface area contributed by atoms with E-state index in [2.05, 4.69) is 23.5 Å². The zero-order valence-electron chi connectivity index (χ0n) is 14.0. The first-order valence-electron chi connectivity index (χ1n) is 7.43. The van der Waals surface area contributed by atoms with Crippen LogP contribution in [0.5, 0.6) is 0 Å². The van der Waals surface area contributed by atoms with E-state index in [4.69, 9.17) is 15.9 Å². The quantitative estimate of drug-likeness (QED) is 0.506. The van der Waals surface area contributed by atoms with E-state index in [1.165, 1.54) is 0 Å². The molecule has 0 radical (unpaired) electrons. The number of rotatable bonds is 9. The largest absolute Gasteiger partial charge is 0.444 e. The molecule has 0 aromatic carbocycles. The number of ether oxygens (including phenoxy) is 2. The lowest BCUT2D eigenvalue weighted by atomic mass is 10.1. The zero-order valence-corrected chi connectivity index (χ0v) is 14.0. The van der Waals surface area contributed by atoms with E-state index in [0.717, 1.165) is 12.8 Å². The first-order chi connectivity index (χ1) is 9.78. The molecule has 21 heavy (non-hydrogen) atoms. The van der Waals surface area contributed by atoms with Crippen LogP contribution in [0.4, 0.5) is 4.79 Å². The fraction of sp³-hybridized carbons (Fsp3) is 0.812. The molecule has 2 atom stereocenters. The predicted octanol–water partition coefficient (Wildman–Crippen LogP) is 2.31. The van der Waals surface area contributed by atoms with E-state index in [0.29, 0.717) is 19.6 Å². The number of amides is 1. The van der Waals surface area contributed by atoms with E-state index >= 15 is 0 Å². The third-order valence-electron chi connectivity index (χ3n) is 2.71. The first kappa shape index (κ1) is 19.8. The summed E-state index contributed by atoms with van der Waals surface area (Å²) >= 11 is 0. The van der Waals surface area contributed by atoms with E-state index in [1.54, 1.807) is 7.11 Å². The number of carbonyl (C=O) groups excluding carboxylic acids is 1. The lowest BCUT2D eigenvalue weighted by Crippen LogP contribution is -2.40.